The number of carbonyl (C=O) groups excluding carboxylic acids is 1. The number of aryl methyl sites for hydroxylation is 2. The van der Waals surface area contributed by atoms with E-state index in [0.29, 0.717) is 12.2 Å². The monoisotopic (exact) mass is 224 g/mol. The molecule has 0 saturated carbocycles. The first kappa shape index (κ1) is 12.7. The number of hydrogen-bond donors (Lipinski definition) is 0. The molecule has 2 nitrogen and oxygen atoms in total. The first-order chi connectivity index (χ1) is 7.52. The molecule has 1 aromatic rings. The molecule has 1 atom stereocenters. The van der Waals surface area contributed by atoms with Crippen LogP contribution < -0.4 is 0 Å². The molecule has 16 heavy (non-hydrogen) atoms. The fourth-order valence-corrected chi connectivity index (χ4v) is 1.67. The number of rotatable bonds is 4. The first-order valence-corrected chi connectivity index (χ1v) is 5.40. The molecule has 0 aromatic heterocycles. The van der Waals surface area contributed by atoms with Gasteiger partial charge < -0.3 is 4.74 Å². The molecule has 0 unspecified atom stereocenters. The van der Waals surface area contributed by atoms with Gasteiger partial charge in [-0.3, -0.25) is 4.79 Å². The van der Waals surface area contributed by atoms with Crippen LogP contribution in [0.2, 0.25) is 0 Å². The van der Waals surface area contributed by atoms with Crippen LogP contribution in [0, 0.1) is 13.8 Å². The van der Waals surface area contributed by atoms with E-state index in [4.69, 9.17) is 4.74 Å². The topological polar surface area (TPSA) is 26.3 Å². The number of halogens is 1. The number of carbonyl (C=O) groups is 1. The summed E-state index contributed by atoms with van der Waals surface area (Å²) in [4.78, 5) is 11.1. The van der Waals surface area contributed by atoms with Crippen LogP contribution in [0.15, 0.2) is 18.2 Å². The predicted molar refractivity (Wildman–Crippen MR) is 61.0 cm³/mol. The molecular formula is C13H17FO2. The van der Waals surface area contributed by atoms with Gasteiger partial charge in [-0.15, -0.1) is 0 Å². The Labute approximate surface area is 95.4 Å². The Balaban J connectivity index is 2.72. The van der Waals surface area contributed by atoms with E-state index >= 15 is 0 Å². The molecule has 0 aliphatic rings. The van der Waals surface area contributed by atoms with Gasteiger partial charge >= 0.3 is 5.97 Å². The summed E-state index contributed by atoms with van der Waals surface area (Å²) in [5, 5.41) is 0. The highest BCUT2D eigenvalue weighted by Crippen LogP contribution is 2.23. The van der Waals surface area contributed by atoms with Crippen molar-refractivity contribution < 1.29 is 13.9 Å². The summed E-state index contributed by atoms with van der Waals surface area (Å²) >= 11 is 0. The van der Waals surface area contributed by atoms with Gasteiger partial charge in [0.1, 0.15) is 6.17 Å². The second-order valence-corrected chi connectivity index (χ2v) is 3.90. The Kier molecular flexibility index (Phi) is 4.47. The molecule has 0 fully saturated rings. The molecule has 0 aliphatic heterocycles. The van der Waals surface area contributed by atoms with Crippen molar-refractivity contribution in [2.75, 3.05) is 6.61 Å². The van der Waals surface area contributed by atoms with E-state index in [1.807, 2.05) is 19.9 Å². The SMILES string of the molecule is CCOC(=O)C[C@H](F)c1cc(C)cc(C)c1. The van der Waals surface area contributed by atoms with Crippen molar-refractivity contribution in [3.05, 3.63) is 34.9 Å². The summed E-state index contributed by atoms with van der Waals surface area (Å²) < 4.78 is 18.5. The second-order valence-electron chi connectivity index (χ2n) is 3.90. The highest BCUT2D eigenvalue weighted by molar-refractivity contribution is 5.70. The lowest BCUT2D eigenvalue weighted by Gasteiger charge is -2.10. The lowest BCUT2D eigenvalue weighted by molar-refractivity contribution is -0.144. The third-order valence-electron chi connectivity index (χ3n) is 2.26. The van der Waals surface area contributed by atoms with E-state index in [-0.39, 0.29) is 6.42 Å². The van der Waals surface area contributed by atoms with E-state index < -0.39 is 12.1 Å². The number of alkyl halides is 1. The molecule has 1 aromatic carbocycles. The van der Waals surface area contributed by atoms with E-state index in [9.17, 15) is 9.18 Å². The maximum absolute atomic E-state index is 13.8. The highest BCUT2D eigenvalue weighted by atomic mass is 19.1. The molecule has 0 bridgehead atoms. The summed E-state index contributed by atoms with van der Waals surface area (Å²) in [6.07, 6.45) is -1.49. The van der Waals surface area contributed by atoms with Crippen LogP contribution in [0.5, 0.6) is 0 Å². The zero-order valence-corrected chi connectivity index (χ0v) is 9.92. The van der Waals surface area contributed by atoms with Gasteiger partial charge in [-0.2, -0.15) is 0 Å². The van der Waals surface area contributed by atoms with Gasteiger partial charge in [-0.1, -0.05) is 29.3 Å². The fourth-order valence-electron chi connectivity index (χ4n) is 1.67. The third-order valence-corrected chi connectivity index (χ3v) is 2.26. The summed E-state index contributed by atoms with van der Waals surface area (Å²) in [6.45, 7) is 5.82. The van der Waals surface area contributed by atoms with Crippen LogP contribution in [0.1, 0.15) is 36.2 Å². The third kappa shape index (κ3) is 3.65. The van der Waals surface area contributed by atoms with Crippen molar-refractivity contribution in [1.29, 1.82) is 0 Å². The van der Waals surface area contributed by atoms with E-state index in [2.05, 4.69) is 0 Å². The van der Waals surface area contributed by atoms with Crippen LogP contribution >= 0.6 is 0 Å². The normalized spacial score (nSPS) is 12.2. The molecule has 0 spiro atoms. The molecule has 3 heteroatoms. The Morgan fingerprint density at radius 1 is 1.31 bits per heavy atom. The minimum absolute atomic E-state index is 0.212. The Morgan fingerprint density at radius 2 is 1.88 bits per heavy atom. The van der Waals surface area contributed by atoms with Crippen molar-refractivity contribution in [3.63, 3.8) is 0 Å². The Hall–Kier alpha value is -1.38. The van der Waals surface area contributed by atoms with Gasteiger partial charge in [-0.05, 0) is 26.3 Å². The van der Waals surface area contributed by atoms with Gasteiger partial charge in [0.25, 0.3) is 0 Å². The lowest BCUT2D eigenvalue weighted by atomic mass is 10.0. The summed E-state index contributed by atoms with van der Waals surface area (Å²) in [5.74, 6) is -0.492. The molecule has 0 amide bonds. The molecule has 88 valence electrons. The maximum atomic E-state index is 13.8. The van der Waals surface area contributed by atoms with Crippen LogP contribution in [-0.4, -0.2) is 12.6 Å². The Morgan fingerprint density at radius 3 is 2.38 bits per heavy atom. The molecule has 0 aliphatic carbocycles. The van der Waals surface area contributed by atoms with Gasteiger partial charge in [0.15, 0.2) is 0 Å². The van der Waals surface area contributed by atoms with Gasteiger partial charge in [-0.25, -0.2) is 4.39 Å². The minimum Gasteiger partial charge on any atom is -0.466 e. The van der Waals surface area contributed by atoms with E-state index in [0.717, 1.165) is 11.1 Å². The van der Waals surface area contributed by atoms with Crippen molar-refractivity contribution in [1.82, 2.24) is 0 Å². The van der Waals surface area contributed by atoms with Crippen molar-refractivity contribution in [2.24, 2.45) is 0 Å². The number of benzene rings is 1. The van der Waals surface area contributed by atoms with Crippen molar-refractivity contribution >= 4 is 5.97 Å². The summed E-state index contributed by atoms with van der Waals surface area (Å²) in [5.41, 5.74) is 2.55. The lowest BCUT2D eigenvalue weighted by Crippen LogP contribution is -2.07. The van der Waals surface area contributed by atoms with Crippen LogP contribution in [0.4, 0.5) is 4.39 Å². The second kappa shape index (κ2) is 5.64. The predicted octanol–water partition coefficient (Wildman–Crippen LogP) is 3.27. The molecule has 1 rings (SSSR count). The average molecular weight is 224 g/mol. The van der Waals surface area contributed by atoms with Gasteiger partial charge in [0.2, 0.25) is 0 Å². The number of ether oxygens (including phenoxy) is 1. The van der Waals surface area contributed by atoms with Gasteiger partial charge in [0, 0.05) is 0 Å². The molecule has 0 radical (unpaired) electrons. The number of esters is 1. The summed E-state index contributed by atoms with van der Waals surface area (Å²) in [7, 11) is 0. The standard InChI is InChI=1S/C13H17FO2/c1-4-16-13(15)8-12(14)11-6-9(2)5-10(3)7-11/h5-7,12H,4,8H2,1-3H3/t12-/m0/s1. The van der Waals surface area contributed by atoms with E-state index in [1.54, 1.807) is 19.1 Å². The first-order valence-electron chi connectivity index (χ1n) is 5.40. The number of hydrogen-bond acceptors (Lipinski definition) is 2. The van der Waals surface area contributed by atoms with Crippen LogP contribution in [0.3, 0.4) is 0 Å². The average Bonchev–Trinajstić information content (AvgIpc) is 2.16. The zero-order chi connectivity index (χ0) is 12.1. The molecule has 0 saturated heterocycles. The smallest absolute Gasteiger partial charge is 0.309 e. The van der Waals surface area contributed by atoms with Crippen LogP contribution in [0.25, 0.3) is 0 Å². The fraction of sp³-hybridized carbons (Fsp3) is 0.462. The van der Waals surface area contributed by atoms with Crippen molar-refractivity contribution in [3.8, 4) is 0 Å². The highest BCUT2D eigenvalue weighted by Gasteiger charge is 2.16. The quantitative estimate of drug-likeness (QED) is 0.734. The van der Waals surface area contributed by atoms with E-state index in [1.165, 1.54) is 0 Å². The molecular weight excluding hydrogens is 207 g/mol. The maximum Gasteiger partial charge on any atom is 0.309 e. The van der Waals surface area contributed by atoms with Gasteiger partial charge in [0.05, 0.1) is 13.0 Å². The summed E-state index contributed by atoms with van der Waals surface area (Å²) in [6, 6.07) is 5.49. The zero-order valence-electron chi connectivity index (χ0n) is 9.92. The molecule has 0 heterocycles. The largest absolute Gasteiger partial charge is 0.466 e. The Bertz CT molecular complexity index is 354. The van der Waals surface area contributed by atoms with Crippen LogP contribution in [-0.2, 0) is 9.53 Å². The van der Waals surface area contributed by atoms with Crippen molar-refractivity contribution in [2.45, 2.75) is 33.4 Å². The molecule has 0 N–H and O–H groups in total. The minimum atomic E-state index is -1.28.